The summed E-state index contributed by atoms with van der Waals surface area (Å²) in [6, 6.07) is 7.92. The Balaban J connectivity index is 1.74. The minimum Gasteiger partial charge on any atom is -0.496 e. The molecule has 1 atom stereocenters. The average molecular weight is 359 g/mol. The van der Waals surface area contributed by atoms with Crippen LogP contribution in [0.1, 0.15) is 13.3 Å². The first-order valence-corrected chi connectivity index (χ1v) is 9.74. The van der Waals surface area contributed by atoms with E-state index in [-0.39, 0.29) is 0 Å². The fourth-order valence-electron chi connectivity index (χ4n) is 3.21. The van der Waals surface area contributed by atoms with Gasteiger partial charge in [-0.1, -0.05) is 36.9 Å². The van der Waals surface area contributed by atoms with Crippen molar-refractivity contribution >= 4 is 11.8 Å². The Morgan fingerprint density at radius 2 is 2.20 bits per heavy atom. The molecule has 1 aliphatic rings. The molecule has 1 aromatic heterocycles. The first-order chi connectivity index (χ1) is 12.2. The SMILES string of the molecule is C=CCn1c(SCCN2CCC(C)C2)nnc1-c1ccccc1OC. The van der Waals surface area contributed by atoms with Gasteiger partial charge in [-0.3, -0.25) is 4.57 Å². The summed E-state index contributed by atoms with van der Waals surface area (Å²) < 4.78 is 7.59. The fourth-order valence-corrected chi connectivity index (χ4v) is 4.16. The number of thioether (sulfide) groups is 1. The Labute approximate surface area is 154 Å². The summed E-state index contributed by atoms with van der Waals surface area (Å²) in [5.74, 6) is 3.48. The second kappa shape index (κ2) is 8.54. The average Bonchev–Trinajstić information content (AvgIpc) is 3.22. The molecule has 1 aromatic carbocycles. The minimum atomic E-state index is 0.684. The molecule has 0 N–H and O–H groups in total. The molecular weight excluding hydrogens is 332 g/mol. The molecule has 134 valence electrons. The lowest BCUT2D eigenvalue weighted by atomic mass is 10.2. The second-order valence-electron chi connectivity index (χ2n) is 6.45. The van der Waals surface area contributed by atoms with Crippen molar-refractivity contribution in [3.05, 3.63) is 36.9 Å². The van der Waals surface area contributed by atoms with Crippen LogP contribution >= 0.6 is 11.8 Å². The minimum absolute atomic E-state index is 0.684. The monoisotopic (exact) mass is 358 g/mol. The number of benzene rings is 1. The molecule has 0 aliphatic carbocycles. The number of aromatic nitrogens is 3. The van der Waals surface area contributed by atoms with E-state index >= 15 is 0 Å². The third-order valence-corrected chi connectivity index (χ3v) is 5.47. The lowest BCUT2D eigenvalue weighted by Crippen LogP contribution is -2.23. The first-order valence-electron chi connectivity index (χ1n) is 8.75. The Morgan fingerprint density at radius 1 is 1.36 bits per heavy atom. The van der Waals surface area contributed by atoms with Crippen LogP contribution in [0.25, 0.3) is 11.4 Å². The van der Waals surface area contributed by atoms with Gasteiger partial charge in [0.2, 0.25) is 0 Å². The molecule has 1 unspecified atom stereocenters. The van der Waals surface area contributed by atoms with Crippen molar-refractivity contribution in [2.24, 2.45) is 5.92 Å². The number of allylic oxidation sites excluding steroid dienone is 1. The molecule has 1 saturated heterocycles. The maximum Gasteiger partial charge on any atom is 0.191 e. The number of hydrogen-bond donors (Lipinski definition) is 0. The molecule has 0 saturated carbocycles. The Morgan fingerprint density at radius 3 is 2.92 bits per heavy atom. The summed E-state index contributed by atoms with van der Waals surface area (Å²) in [4.78, 5) is 2.53. The van der Waals surface area contributed by atoms with Gasteiger partial charge in [0.1, 0.15) is 5.75 Å². The topological polar surface area (TPSA) is 43.2 Å². The number of hydrogen-bond acceptors (Lipinski definition) is 5. The van der Waals surface area contributed by atoms with Crippen molar-refractivity contribution in [2.45, 2.75) is 25.0 Å². The third kappa shape index (κ3) is 4.25. The van der Waals surface area contributed by atoms with Crippen molar-refractivity contribution in [2.75, 3.05) is 32.5 Å². The van der Waals surface area contributed by atoms with Gasteiger partial charge >= 0.3 is 0 Å². The van der Waals surface area contributed by atoms with Gasteiger partial charge in [0, 0.05) is 25.4 Å². The van der Waals surface area contributed by atoms with Crippen molar-refractivity contribution < 1.29 is 4.74 Å². The van der Waals surface area contributed by atoms with Crippen molar-refractivity contribution in [1.82, 2.24) is 19.7 Å². The molecule has 25 heavy (non-hydrogen) atoms. The van der Waals surface area contributed by atoms with Gasteiger partial charge < -0.3 is 9.64 Å². The van der Waals surface area contributed by atoms with E-state index in [4.69, 9.17) is 4.74 Å². The highest BCUT2D eigenvalue weighted by molar-refractivity contribution is 7.99. The predicted octanol–water partition coefficient (Wildman–Crippen LogP) is 3.57. The summed E-state index contributed by atoms with van der Waals surface area (Å²) in [6.07, 6.45) is 3.20. The Hall–Kier alpha value is -1.79. The van der Waals surface area contributed by atoms with E-state index in [0.717, 1.165) is 40.5 Å². The first kappa shape index (κ1) is 18.0. The van der Waals surface area contributed by atoms with Crippen LogP contribution in [0.3, 0.4) is 0 Å². The largest absolute Gasteiger partial charge is 0.496 e. The number of ether oxygens (including phenoxy) is 1. The Bertz CT molecular complexity index is 715. The van der Waals surface area contributed by atoms with E-state index in [1.165, 1.54) is 19.5 Å². The van der Waals surface area contributed by atoms with E-state index in [2.05, 4.69) is 33.2 Å². The highest BCUT2D eigenvalue weighted by Gasteiger charge is 2.19. The summed E-state index contributed by atoms with van der Waals surface area (Å²) in [6.45, 7) is 10.4. The second-order valence-corrected chi connectivity index (χ2v) is 7.51. The van der Waals surface area contributed by atoms with Crippen molar-refractivity contribution in [1.29, 1.82) is 0 Å². The summed E-state index contributed by atoms with van der Waals surface area (Å²) in [5, 5.41) is 9.78. The van der Waals surface area contributed by atoms with Crippen LogP contribution < -0.4 is 4.74 Å². The van der Waals surface area contributed by atoms with E-state index in [1.807, 2.05) is 30.3 Å². The zero-order valence-corrected chi connectivity index (χ0v) is 15.8. The lowest BCUT2D eigenvalue weighted by molar-refractivity contribution is 0.349. The quantitative estimate of drug-likeness (QED) is 0.533. The maximum absolute atomic E-state index is 5.48. The predicted molar refractivity (Wildman–Crippen MR) is 103 cm³/mol. The van der Waals surface area contributed by atoms with Gasteiger partial charge in [-0.05, 0) is 31.0 Å². The van der Waals surface area contributed by atoms with E-state index in [9.17, 15) is 0 Å². The summed E-state index contributed by atoms with van der Waals surface area (Å²) in [7, 11) is 1.68. The molecule has 6 heteroatoms. The molecular formula is C19H26N4OS. The molecule has 3 rings (SSSR count). The number of nitrogens with zero attached hydrogens (tertiary/aromatic N) is 4. The van der Waals surface area contributed by atoms with Crippen LogP contribution in [0.15, 0.2) is 42.1 Å². The number of methoxy groups -OCH3 is 1. The molecule has 0 bridgehead atoms. The number of rotatable bonds is 8. The number of likely N-dealkylation sites (tertiary alicyclic amines) is 1. The van der Waals surface area contributed by atoms with Gasteiger partial charge in [-0.15, -0.1) is 16.8 Å². The maximum atomic E-state index is 5.48. The molecule has 1 fully saturated rings. The molecule has 2 heterocycles. The van der Waals surface area contributed by atoms with Crippen molar-refractivity contribution in [3.8, 4) is 17.1 Å². The van der Waals surface area contributed by atoms with E-state index < -0.39 is 0 Å². The zero-order chi connectivity index (χ0) is 17.6. The summed E-state index contributed by atoms with van der Waals surface area (Å²) in [5.41, 5.74) is 0.958. The van der Waals surface area contributed by atoms with Gasteiger partial charge in [0.15, 0.2) is 11.0 Å². The van der Waals surface area contributed by atoms with Crippen LogP contribution in [0.2, 0.25) is 0 Å². The van der Waals surface area contributed by atoms with Gasteiger partial charge in [0.25, 0.3) is 0 Å². The standard InChI is InChI=1S/C19H26N4OS/c1-4-10-23-18(16-7-5-6-8-17(16)24-3)20-21-19(23)25-13-12-22-11-9-15(2)14-22/h4-8,15H,1,9-14H2,2-3H3. The molecule has 0 radical (unpaired) electrons. The van der Waals surface area contributed by atoms with Gasteiger partial charge in [-0.2, -0.15) is 0 Å². The van der Waals surface area contributed by atoms with Crippen LogP contribution in [0.4, 0.5) is 0 Å². The van der Waals surface area contributed by atoms with Crippen LogP contribution in [-0.4, -0.2) is 52.2 Å². The van der Waals surface area contributed by atoms with Crippen LogP contribution in [0, 0.1) is 5.92 Å². The number of para-hydroxylation sites is 1. The van der Waals surface area contributed by atoms with E-state index in [1.54, 1.807) is 18.9 Å². The van der Waals surface area contributed by atoms with Crippen LogP contribution in [-0.2, 0) is 6.54 Å². The lowest BCUT2D eigenvalue weighted by Gasteiger charge is -2.15. The van der Waals surface area contributed by atoms with Crippen LogP contribution in [0.5, 0.6) is 5.75 Å². The molecule has 0 spiro atoms. The fraction of sp³-hybridized carbons (Fsp3) is 0.474. The molecule has 2 aromatic rings. The van der Waals surface area contributed by atoms with E-state index in [0.29, 0.717) is 6.54 Å². The zero-order valence-electron chi connectivity index (χ0n) is 15.0. The Kier molecular flexibility index (Phi) is 6.15. The summed E-state index contributed by atoms with van der Waals surface area (Å²) >= 11 is 1.76. The molecule has 5 nitrogen and oxygen atoms in total. The molecule has 1 aliphatic heterocycles. The molecule has 0 amide bonds. The highest BCUT2D eigenvalue weighted by atomic mass is 32.2. The third-order valence-electron chi connectivity index (χ3n) is 4.52. The smallest absolute Gasteiger partial charge is 0.191 e. The van der Waals surface area contributed by atoms with Gasteiger partial charge in [-0.25, -0.2) is 0 Å². The van der Waals surface area contributed by atoms with Gasteiger partial charge in [0.05, 0.1) is 12.7 Å². The normalized spacial score (nSPS) is 17.8. The van der Waals surface area contributed by atoms with Crippen molar-refractivity contribution in [3.63, 3.8) is 0 Å². The highest BCUT2D eigenvalue weighted by Crippen LogP contribution is 2.31.